The van der Waals surface area contributed by atoms with E-state index in [4.69, 9.17) is 16.7 Å². The number of hydrogen-bond donors (Lipinski definition) is 2. The number of aromatic nitrogens is 5. The molecule has 0 unspecified atom stereocenters. The summed E-state index contributed by atoms with van der Waals surface area (Å²) >= 11 is 5.90. The molecule has 3 aromatic carbocycles. The van der Waals surface area contributed by atoms with Gasteiger partial charge >= 0.3 is 5.97 Å². The molecule has 172 valence electrons. The molecule has 0 aliphatic rings. The van der Waals surface area contributed by atoms with Crippen LogP contribution in [0.1, 0.15) is 5.56 Å². The number of carboxylic acids is 1. The van der Waals surface area contributed by atoms with Gasteiger partial charge in [-0.1, -0.05) is 41.9 Å². The first-order valence-electron chi connectivity index (χ1n) is 10.4. The van der Waals surface area contributed by atoms with Crippen molar-refractivity contribution in [2.24, 2.45) is 0 Å². The summed E-state index contributed by atoms with van der Waals surface area (Å²) in [6.07, 6.45) is 4.18. The number of benzene rings is 3. The van der Waals surface area contributed by atoms with Gasteiger partial charge in [0.2, 0.25) is 5.95 Å². The van der Waals surface area contributed by atoms with E-state index in [1.807, 2.05) is 36.4 Å². The molecule has 0 radical (unpaired) electrons. The van der Waals surface area contributed by atoms with Crippen LogP contribution in [0.2, 0.25) is 5.02 Å². The highest BCUT2D eigenvalue weighted by molar-refractivity contribution is 6.31. The summed E-state index contributed by atoms with van der Waals surface area (Å²) in [7, 11) is 0. The molecule has 0 saturated carbocycles. The summed E-state index contributed by atoms with van der Waals surface area (Å²) in [5, 5.41) is 21.0. The monoisotopic (exact) mass is 486 g/mol. The second-order valence-corrected chi connectivity index (χ2v) is 7.87. The van der Waals surface area contributed by atoms with Crippen LogP contribution in [0, 0.1) is 5.82 Å². The van der Waals surface area contributed by atoms with Gasteiger partial charge in [-0.05, 0) is 53.6 Å². The highest BCUT2D eigenvalue weighted by atomic mass is 35.5. The molecular weight excluding hydrogens is 471 g/mol. The fourth-order valence-electron chi connectivity index (χ4n) is 3.42. The smallest absolute Gasteiger partial charge is 0.328 e. The summed E-state index contributed by atoms with van der Waals surface area (Å²) in [4.78, 5) is 21.4. The van der Waals surface area contributed by atoms with Gasteiger partial charge < -0.3 is 10.4 Å². The van der Waals surface area contributed by atoms with Crippen molar-refractivity contribution < 1.29 is 14.3 Å². The maximum atomic E-state index is 13.5. The lowest BCUT2D eigenvalue weighted by Gasteiger charge is -2.11. The van der Waals surface area contributed by atoms with Gasteiger partial charge in [-0.15, -0.1) is 15.0 Å². The number of anilines is 2. The third-order valence-electron chi connectivity index (χ3n) is 5.04. The Kier molecular flexibility index (Phi) is 5.90. The van der Waals surface area contributed by atoms with Crippen molar-refractivity contribution in [1.82, 2.24) is 25.0 Å². The number of hydrogen-bond acceptors (Lipinski definition) is 6. The van der Waals surface area contributed by atoms with Crippen LogP contribution >= 0.6 is 11.6 Å². The fraction of sp³-hybridized carbons (Fsp3) is 0. The van der Waals surface area contributed by atoms with Crippen LogP contribution in [0.3, 0.4) is 0 Å². The fourth-order valence-corrected chi connectivity index (χ4v) is 3.60. The molecule has 0 saturated heterocycles. The molecule has 8 nitrogen and oxygen atoms in total. The number of rotatable bonds is 6. The van der Waals surface area contributed by atoms with Crippen molar-refractivity contribution in [2.75, 3.05) is 5.32 Å². The zero-order chi connectivity index (χ0) is 24.4. The first-order chi connectivity index (χ1) is 17.0. The minimum Gasteiger partial charge on any atom is -0.478 e. The molecule has 2 N–H and O–H groups in total. The molecule has 2 heterocycles. The number of fused-ring (bicyclic) bond motifs is 1. The van der Waals surface area contributed by atoms with E-state index in [9.17, 15) is 9.18 Å². The Balaban J connectivity index is 1.61. The molecule has 0 amide bonds. The molecule has 0 atom stereocenters. The van der Waals surface area contributed by atoms with Gasteiger partial charge in [0.15, 0.2) is 5.82 Å². The Morgan fingerprint density at radius 3 is 2.51 bits per heavy atom. The Bertz CT molecular complexity index is 1570. The third-order valence-corrected chi connectivity index (χ3v) is 5.33. The predicted octanol–water partition coefficient (Wildman–Crippen LogP) is 5.51. The molecule has 0 aliphatic heterocycles. The van der Waals surface area contributed by atoms with E-state index in [2.05, 4.69) is 25.5 Å². The van der Waals surface area contributed by atoms with Gasteiger partial charge in [-0.25, -0.2) is 14.2 Å². The SMILES string of the molecule is O=C(O)C=Cc1cccc(-c2cnc(Nc3ccc(F)c(Cl)c3)nc2-n2nc3ccccc3n2)c1. The van der Waals surface area contributed by atoms with E-state index < -0.39 is 11.8 Å². The second-order valence-electron chi connectivity index (χ2n) is 7.46. The lowest BCUT2D eigenvalue weighted by Crippen LogP contribution is -2.08. The zero-order valence-electron chi connectivity index (χ0n) is 17.9. The third kappa shape index (κ3) is 4.85. The van der Waals surface area contributed by atoms with Gasteiger partial charge in [0.1, 0.15) is 16.9 Å². The molecule has 0 aliphatic carbocycles. The van der Waals surface area contributed by atoms with Gasteiger partial charge in [-0.2, -0.15) is 4.98 Å². The Hall–Kier alpha value is -4.63. The maximum Gasteiger partial charge on any atom is 0.328 e. The van der Waals surface area contributed by atoms with Crippen molar-refractivity contribution in [1.29, 1.82) is 0 Å². The van der Waals surface area contributed by atoms with Gasteiger partial charge in [0, 0.05) is 23.5 Å². The normalized spacial score (nSPS) is 11.3. The number of carboxylic acid groups (broad SMARTS) is 1. The maximum absolute atomic E-state index is 13.5. The van der Waals surface area contributed by atoms with Crippen LogP contribution in [0.4, 0.5) is 16.0 Å². The number of carbonyl (C=O) groups is 1. The van der Waals surface area contributed by atoms with Gasteiger partial charge in [-0.3, -0.25) is 0 Å². The number of nitrogens with one attached hydrogen (secondary N) is 1. The minimum atomic E-state index is -1.04. The van der Waals surface area contributed by atoms with E-state index in [0.29, 0.717) is 33.7 Å². The first kappa shape index (κ1) is 22.2. The highest BCUT2D eigenvalue weighted by Gasteiger charge is 2.15. The van der Waals surface area contributed by atoms with Crippen LogP contribution in [-0.4, -0.2) is 36.0 Å². The summed E-state index contributed by atoms with van der Waals surface area (Å²) in [6, 6.07) is 18.9. The lowest BCUT2D eigenvalue weighted by atomic mass is 10.0. The van der Waals surface area contributed by atoms with Crippen molar-refractivity contribution in [3.8, 4) is 16.9 Å². The molecule has 0 spiro atoms. The van der Waals surface area contributed by atoms with Gasteiger partial charge in [0.25, 0.3) is 0 Å². The summed E-state index contributed by atoms with van der Waals surface area (Å²) < 4.78 is 13.5. The van der Waals surface area contributed by atoms with Crippen molar-refractivity contribution in [2.45, 2.75) is 0 Å². The average Bonchev–Trinajstić information content (AvgIpc) is 3.29. The van der Waals surface area contributed by atoms with Crippen molar-refractivity contribution in [3.05, 3.63) is 95.4 Å². The predicted molar refractivity (Wildman–Crippen MR) is 131 cm³/mol. The second kappa shape index (κ2) is 9.32. The van der Waals surface area contributed by atoms with E-state index in [-0.39, 0.29) is 11.0 Å². The minimum absolute atomic E-state index is 0.0296. The molecule has 2 aromatic heterocycles. The van der Waals surface area contributed by atoms with Crippen molar-refractivity contribution in [3.63, 3.8) is 0 Å². The average molecular weight is 487 g/mol. The number of halogens is 2. The molecular formula is C25H16ClFN6O2. The molecule has 5 rings (SSSR count). The molecule has 10 heteroatoms. The van der Waals surface area contributed by atoms with Crippen LogP contribution < -0.4 is 5.32 Å². The van der Waals surface area contributed by atoms with E-state index in [1.54, 1.807) is 18.3 Å². The summed E-state index contributed by atoms with van der Waals surface area (Å²) in [5.74, 6) is -0.942. The molecule has 0 fully saturated rings. The first-order valence-corrected chi connectivity index (χ1v) is 10.8. The van der Waals surface area contributed by atoms with Crippen LogP contribution in [0.25, 0.3) is 34.1 Å². The number of nitrogens with zero attached hydrogens (tertiary/aromatic N) is 5. The quantitative estimate of drug-likeness (QED) is 0.305. The molecule has 5 aromatic rings. The summed E-state index contributed by atoms with van der Waals surface area (Å²) in [6.45, 7) is 0. The van der Waals surface area contributed by atoms with E-state index in [1.165, 1.54) is 29.1 Å². The zero-order valence-corrected chi connectivity index (χ0v) is 18.7. The highest BCUT2D eigenvalue weighted by Crippen LogP contribution is 2.28. The van der Waals surface area contributed by atoms with E-state index in [0.717, 1.165) is 11.6 Å². The standard InChI is InChI=1S/C25H16ClFN6O2/c26-19-13-17(9-10-20(19)27)29-25-28-14-18(16-5-3-4-15(12-16)8-11-23(34)35)24(30-25)33-31-21-6-1-2-7-22(21)32-33/h1-14H,(H,34,35)(H,28,29,30). The Labute approximate surface area is 203 Å². The lowest BCUT2D eigenvalue weighted by molar-refractivity contribution is -0.131. The topological polar surface area (TPSA) is 106 Å². The van der Waals surface area contributed by atoms with E-state index >= 15 is 0 Å². The van der Waals surface area contributed by atoms with Crippen LogP contribution in [-0.2, 0) is 4.79 Å². The molecule has 35 heavy (non-hydrogen) atoms. The van der Waals surface area contributed by atoms with Gasteiger partial charge in [0.05, 0.1) is 5.02 Å². The molecule has 0 bridgehead atoms. The van der Waals surface area contributed by atoms with Crippen molar-refractivity contribution >= 4 is 46.3 Å². The Morgan fingerprint density at radius 2 is 1.80 bits per heavy atom. The van der Waals surface area contributed by atoms with Crippen LogP contribution in [0.5, 0.6) is 0 Å². The largest absolute Gasteiger partial charge is 0.478 e. The summed E-state index contributed by atoms with van der Waals surface area (Å²) in [5.41, 5.74) is 3.95. The van der Waals surface area contributed by atoms with Crippen LogP contribution in [0.15, 0.2) is 79.0 Å². The number of aliphatic carboxylic acids is 1. The Morgan fingerprint density at radius 1 is 1.03 bits per heavy atom.